The average molecular weight is 461 g/mol. The number of halogens is 2. The van der Waals surface area contributed by atoms with E-state index in [2.05, 4.69) is 40.4 Å². The standard InChI is InChI=1S/C25H34F2N2O2Si/c1-8-16-13-19(30)29(17-9-10-17)23-15(2)24(22(27)21(26)20(16)23)28-12-11-18(14-28)31-32(6,7)25(3,4)5/h8,13,17-18H,1,9-12,14H2,2-7H3. The molecule has 1 aromatic carbocycles. The summed E-state index contributed by atoms with van der Waals surface area (Å²) in [6.07, 6.45) is 3.94. The lowest BCUT2D eigenvalue weighted by atomic mass is 10.0. The van der Waals surface area contributed by atoms with Crippen molar-refractivity contribution in [3.05, 3.63) is 45.8 Å². The molecule has 1 saturated carbocycles. The van der Waals surface area contributed by atoms with Crippen LogP contribution in [0.1, 0.15) is 57.2 Å². The molecule has 2 aromatic rings. The zero-order valence-electron chi connectivity index (χ0n) is 20.0. The molecule has 2 heterocycles. The van der Waals surface area contributed by atoms with Crippen molar-refractivity contribution in [2.45, 2.75) is 77.2 Å². The Kier molecular flexibility index (Phi) is 5.65. The Hall–Kier alpha value is -1.99. The summed E-state index contributed by atoms with van der Waals surface area (Å²) < 4.78 is 39.2. The van der Waals surface area contributed by atoms with Gasteiger partial charge in [-0.25, -0.2) is 8.78 Å². The smallest absolute Gasteiger partial charge is 0.251 e. The molecule has 0 amide bonds. The lowest BCUT2D eigenvalue weighted by molar-refractivity contribution is 0.202. The molecule has 7 heteroatoms. The van der Waals surface area contributed by atoms with Gasteiger partial charge in [0.1, 0.15) is 0 Å². The first-order valence-corrected chi connectivity index (χ1v) is 14.4. The van der Waals surface area contributed by atoms with Crippen LogP contribution in [0, 0.1) is 18.6 Å². The van der Waals surface area contributed by atoms with Gasteiger partial charge < -0.3 is 13.9 Å². The summed E-state index contributed by atoms with van der Waals surface area (Å²) in [6.45, 7) is 17.6. The first kappa shape index (κ1) is 23.2. The second kappa shape index (κ2) is 7.80. The first-order chi connectivity index (χ1) is 14.9. The van der Waals surface area contributed by atoms with Crippen LogP contribution in [0.5, 0.6) is 0 Å². The number of pyridine rings is 1. The number of aryl methyl sites for hydroxylation is 1. The highest BCUT2D eigenvalue weighted by atomic mass is 28.4. The molecule has 2 fully saturated rings. The molecule has 1 atom stereocenters. The summed E-state index contributed by atoms with van der Waals surface area (Å²) in [4.78, 5) is 14.7. The average Bonchev–Trinajstić information content (AvgIpc) is 3.43. The highest BCUT2D eigenvalue weighted by molar-refractivity contribution is 6.74. The molecule has 1 unspecified atom stereocenters. The second-order valence-corrected chi connectivity index (χ2v) is 15.6. The van der Waals surface area contributed by atoms with Gasteiger partial charge in [-0.05, 0) is 49.9 Å². The largest absolute Gasteiger partial charge is 0.412 e. The number of benzene rings is 1. The summed E-state index contributed by atoms with van der Waals surface area (Å²) >= 11 is 0. The quantitative estimate of drug-likeness (QED) is 0.501. The molecular weight excluding hydrogens is 426 g/mol. The number of aromatic nitrogens is 1. The zero-order chi connectivity index (χ0) is 23.6. The van der Waals surface area contributed by atoms with E-state index >= 15 is 8.78 Å². The number of fused-ring (bicyclic) bond motifs is 1. The van der Waals surface area contributed by atoms with Gasteiger partial charge in [-0.1, -0.05) is 33.4 Å². The molecule has 4 rings (SSSR count). The Bertz CT molecular complexity index is 1150. The SMILES string of the molecule is C=Cc1cc(=O)n(C2CC2)c2c(C)c(N3CCC(O[Si](C)(C)C(C)(C)C)C3)c(F)c(F)c12. The molecule has 0 spiro atoms. The van der Waals surface area contributed by atoms with Gasteiger partial charge >= 0.3 is 0 Å². The van der Waals surface area contributed by atoms with Crippen LogP contribution in [0.2, 0.25) is 18.1 Å². The number of rotatable bonds is 5. The highest BCUT2D eigenvalue weighted by Crippen LogP contribution is 2.43. The van der Waals surface area contributed by atoms with E-state index in [0.717, 1.165) is 19.3 Å². The number of nitrogens with zero attached hydrogens (tertiary/aromatic N) is 2. The topological polar surface area (TPSA) is 34.5 Å². The fourth-order valence-corrected chi connectivity index (χ4v) is 5.96. The third-order valence-corrected chi connectivity index (χ3v) is 12.0. The third-order valence-electron chi connectivity index (χ3n) is 7.47. The number of anilines is 1. The van der Waals surface area contributed by atoms with Crippen molar-refractivity contribution in [3.63, 3.8) is 0 Å². The molecule has 0 bridgehead atoms. The van der Waals surface area contributed by atoms with Crippen molar-refractivity contribution >= 4 is 31.0 Å². The van der Waals surface area contributed by atoms with Crippen LogP contribution < -0.4 is 10.5 Å². The monoisotopic (exact) mass is 460 g/mol. The second-order valence-electron chi connectivity index (χ2n) is 10.8. The zero-order valence-corrected chi connectivity index (χ0v) is 21.0. The van der Waals surface area contributed by atoms with Crippen LogP contribution in [-0.2, 0) is 4.43 Å². The van der Waals surface area contributed by atoms with E-state index in [0.29, 0.717) is 29.7 Å². The van der Waals surface area contributed by atoms with Crippen molar-refractivity contribution in [3.8, 4) is 0 Å². The van der Waals surface area contributed by atoms with Crippen molar-refractivity contribution in [2.75, 3.05) is 18.0 Å². The van der Waals surface area contributed by atoms with E-state index in [4.69, 9.17) is 4.43 Å². The van der Waals surface area contributed by atoms with Crippen LogP contribution in [0.3, 0.4) is 0 Å². The predicted octanol–water partition coefficient (Wildman–Crippen LogP) is 6.17. The lowest BCUT2D eigenvalue weighted by Gasteiger charge is -2.38. The highest BCUT2D eigenvalue weighted by Gasteiger charge is 2.41. The minimum absolute atomic E-state index is 0.0152. The van der Waals surface area contributed by atoms with E-state index < -0.39 is 20.0 Å². The Morgan fingerprint density at radius 2 is 1.84 bits per heavy atom. The van der Waals surface area contributed by atoms with Crippen LogP contribution >= 0.6 is 0 Å². The minimum Gasteiger partial charge on any atom is -0.412 e. The third kappa shape index (κ3) is 3.73. The fraction of sp³-hybridized carbons (Fsp3) is 0.560. The van der Waals surface area contributed by atoms with Crippen LogP contribution in [0.15, 0.2) is 17.4 Å². The minimum atomic E-state index is -1.97. The van der Waals surface area contributed by atoms with Crippen LogP contribution in [-0.4, -0.2) is 32.1 Å². The Morgan fingerprint density at radius 1 is 1.19 bits per heavy atom. The molecule has 174 valence electrons. The van der Waals surface area contributed by atoms with Gasteiger partial charge in [0.05, 0.1) is 17.3 Å². The van der Waals surface area contributed by atoms with Crippen molar-refractivity contribution in [1.82, 2.24) is 4.57 Å². The molecule has 1 saturated heterocycles. The van der Waals surface area contributed by atoms with Gasteiger partial charge in [-0.15, -0.1) is 0 Å². The van der Waals surface area contributed by atoms with Gasteiger partial charge in [-0.3, -0.25) is 4.79 Å². The van der Waals surface area contributed by atoms with Crippen LogP contribution in [0.4, 0.5) is 14.5 Å². The normalized spacial score (nSPS) is 19.8. The summed E-state index contributed by atoms with van der Waals surface area (Å²) in [5.74, 6) is -1.76. The maximum absolute atomic E-state index is 15.5. The van der Waals surface area contributed by atoms with Gasteiger partial charge in [0.25, 0.3) is 5.56 Å². The van der Waals surface area contributed by atoms with Crippen molar-refractivity contribution < 1.29 is 13.2 Å². The van der Waals surface area contributed by atoms with E-state index in [1.54, 1.807) is 11.5 Å². The first-order valence-electron chi connectivity index (χ1n) is 11.5. The summed E-state index contributed by atoms with van der Waals surface area (Å²) in [5.41, 5.74) is 1.52. The molecule has 32 heavy (non-hydrogen) atoms. The van der Waals surface area contributed by atoms with Crippen molar-refractivity contribution in [2.24, 2.45) is 0 Å². The maximum Gasteiger partial charge on any atom is 0.251 e. The van der Waals surface area contributed by atoms with Gasteiger partial charge in [-0.2, -0.15) is 0 Å². The summed E-state index contributed by atoms with van der Waals surface area (Å²) in [7, 11) is -1.97. The molecule has 0 radical (unpaired) electrons. The van der Waals surface area contributed by atoms with Gasteiger partial charge in [0, 0.05) is 36.1 Å². The van der Waals surface area contributed by atoms with E-state index in [-0.39, 0.29) is 33.8 Å². The maximum atomic E-state index is 15.5. The van der Waals surface area contributed by atoms with Crippen molar-refractivity contribution in [1.29, 1.82) is 0 Å². The Morgan fingerprint density at radius 3 is 2.41 bits per heavy atom. The fourth-order valence-electron chi connectivity index (χ4n) is 4.58. The van der Waals surface area contributed by atoms with E-state index in [1.807, 2.05) is 4.90 Å². The predicted molar refractivity (Wildman–Crippen MR) is 130 cm³/mol. The molecule has 1 aromatic heterocycles. The number of hydrogen-bond donors (Lipinski definition) is 0. The Balaban J connectivity index is 1.80. The molecule has 4 nitrogen and oxygen atoms in total. The summed E-state index contributed by atoms with van der Waals surface area (Å²) in [6, 6.07) is 1.42. The molecule has 0 N–H and O–H groups in total. The lowest BCUT2D eigenvalue weighted by Crippen LogP contribution is -2.44. The molecular formula is C25H34F2N2O2Si. The number of hydrogen-bond acceptors (Lipinski definition) is 3. The van der Waals surface area contributed by atoms with E-state index in [9.17, 15) is 4.79 Å². The molecule has 1 aliphatic carbocycles. The van der Waals surface area contributed by atoms with E-state index in [1.165, 1.54) is 12.1 Å². The summed E-state index contributed by atoms with van der Waals surface area (Å²) in [5, 5.41) is 0.233. The Labute approximate surface area is 190 Å². The molecule has 2 aliphatic rings. The van der Waals surface area contributed by atoms with Gasteiger partial charge in [0.2, 0.25) is 0 Å². The molecule has 1 aliphatic heterocycles. The van der Waals surface area contributed by atoms with Gasteiger partial charge in [0.15, 0.2) is 20.0 Å². The van der Waals surface area contributed by atoms with Crippen LogP contribution in [0.25, 0.3) is 17.0 Å².